The lowest BCUT2D eigenvalue weighted by molar-refractivity contribution is -0.136. The lowest BCUT2D eigenvalue weighted by Gasteiger charge is -2.23. The summed E-state index contributed by atoms with van der Waals surface area (Å²) in [6.07, 6.45) is -3.01. The Labute approximate surface area is 183 Å². The Kier molecular flexibility index (Phi) is 5.82. The van der Waals surface area contributed by atoms with Crippen molar-refractivity contribution in [3.05, 3.63) is 54.2 Å². The maximum absolute atomic E-state index is 13.8. The van der Waals surface area contributed by atoms with Gasteiger partial charge in [0.15, 0.2) is 0 Å². The minimum Gasteiger partial charge on any atom is -0.359 e. The number of aromatic nitrogens is 1. The van der Waals surface area contributed by atoms with E-state index in [1.54, 1.807) is 6.07 Å². The van der Waals surface area contributed by atoms with Gasteiger partial charge in [-0.15, -0.1) is 0 Å². The van der Waals surface area contributed by atoms with E-state index in [1.807, 2.05) is 0 Å². The van der Waals surface area contributed by atoms with Crippen LogP contribution in [0.25, 0.3) is 10.9 Å². The van der Waals surface area contributed by atoms with E-state index >= 15 is 0 Å². The Morgan fingerprint density at radius 3 is 2.19 bits per heavy atom. The third kappa shape index (κ3) is 4.15. The number of alkyl halides is 3. The Morgan fingerprint density at radius 1 is 0.906 bits per heavy atom. The predicted octanol–water partition coefficient (Wildman–Crippen LogP) is 3.05. The van der Waals surface area contributed by atoms with Crippen LogP contribution in [0.15, 0.2) is 63.3 Å². The Hall–Kier alpha value is -2.41. The number of piperidine rings is 1. The fraction of sp³-hybridized carbons (Fsp3) is 0.300. The number of sulfonamides is 1. The average Bonchev–Trinajstić information content (AvgIpc) is 3.19. The first-order chi connectivity index (χ1) is 15.0. The molecule has 1 fully saturated rings. The minimum absolute atomic E-state index is 0.118. The summed E-state index contributed by atoms with van der Waals surface area (Å²) in [6, 6.07) is 8.24. The molecule has 32 heavy (non-hydrogen) atoms. The van der Waals surface area contributed by atoms with Gasteiger partial charge in [0.05, 0.1) is 20.9 Å². The number of H-pyrrole nitrogens is 1. The number of hydrogen-bond acceptors (Lipinski definition) is 5. The lowest BCUT2D eigenvalue weighted by atomic mass is 10.1. The van der Waals surface area contributed by atoms with Crippen LogP contribution >= 0.6 is 0 Å². The van der Waals surface area contributed by atoms with Gasteiger partial charge in [-0.3, -0.25) is 0 Å². The number of nitrogens with one attached hydrogen (secondary N) is 3. The summed E-state index contributed by atoms with van der Waals surface area (Å²) in [6.45, 7) is 1.16. The molecular weight excluding hydrogens is 467 g/mol. The van der Waals surface area contributed by atoms with Crippen molar-refractivity contribution < 1.29 is 30.0 Å². The third-order valence-electron chi connectivity index (χ3n) is 5.36. The molecule has 0 radical (unpaired) electrons. The van der Waals surface area contributed by atoms with Crippen LogP contribution in [-0.4, -0.2) is 41.0 Å². The van der Waals surface area contributed by atoms with Gasteiger partial charge in [-0.05, 0) is 50.2 Å². The van der Waals surface area contributed by atoms with Crippen molar-refractivity contribution in [1.82, 2.24) is 15.0 Å². The number of aromatic amines is 1. The maximum atomic E-state index is 13.8. The van der Waals surface area contributed by atoms with Crippen molar-refractivity contribution in [3.8, 4) is 0 Å². The number of rotatable bonds is 5. The molecule has 1 aromatic heterocycles. The van der Waals surface area contributed by atoms with Crippen molar-refractivity contribution in [2.24, 2.45) is 0 Å². The summed E-state index contributed by atoms with van der Waals surface area (Å²) in [7, 11) is -8.57. The van der Waals surface area contributed by atoms with Crippen molar-refractivity contribution in [2.45, 2.75) is 39.7 Å². The molecule has 4 rings (SSSR count). The molecule has 12 heteroatoms. The highest BCUT2D eigenvalue weighted by Gasteiger charge is 2.38. The highest BCUT2D eigenvalue weighted by Crippen LogP contribution is 2.41. The molecule has 0 atom stereocenters. The van der Waals surface area contributed by atoms with Crippen LogP contribution in [0.3, 0.4) is 0 Å². The molecule has 1 aliphatic rings. The second-order valence-corrected chi connectivity index (χ2v) is 11.1. The summed E-state index contributed by atoms with van der Waals surface area (Å²) < 4.78 is 96.1. The van der Waals surface area contributed by atoms with E-state index in [4.69, 9.17) is 0 Å². The van der Waals surface area contributed by atoms with Gasteiger partial charge in [0.2, 0.25) is 19.9 Å². The zero-order valence-corrected chi connectivity index (χ0v) is 18.2. The van der Waals surface area contributed by atoms with Crippen molar-refractivity contribution >= 4 is 30.8 Å². The van der Waals surface area contributed by atoms with Gasteiger partial charge >= 0.3 is 6.18 Å². The third-order valence-corrected chi connectivity index (χ3v) is 8.72. The predicted molar refractivity (Wildman–Crippen MR) is 111 cm³/mol. The number of fused-ring (bicyclic) bond motifs is 1. The number of sulfone groups is 1. The van der Waals surface area contributed by atoms with Crippen molar-refractivity contribution in [3.63, 3.8) is 0 Å². The van der Waals surface area contributed by atoms with Crippen LogP contribution in [0, 0.1) is 0 Å². The van der Waals surface area contributed by atoms with Crippen LogP contribution in [0.1, 0.15) is 18.4 Å². The van der Waals surface area contributed by atoms with E-state index in [0.29, 0.717) is 32.0 Å². The van der Waals surface area contributed by atoms with Crippen LogP contribution in [0.4, 0.5) is 13.2 Å². The highest BCUT2D eigenvalue weighted by molar-refractivity contribution is 7.91. The van der Waals surface area contributed by atoms with Crippen molar-refractivity contribution in [2.75, 3.05) is 13.1 Å². The van der Waals surface area contributed by atoms with Gasteiger partial charge in [0.25, 0.3) is 0 Å². The fourth-order valence-corrected chi connectivity index (χ4v) is 6.76. The monoisotopic (exact) mass is 487 g/mol. The molecule has 0 bridgehead atoms. The van der Waals surface area contributed by atoms with E-state index < -0.39 is 58.3 Å². The normalized spacial score (nSPS) is 16.5. The van der Waals surface area contributed by atoms with E-state index in [2.05, 4.69) is 15.0 Å². The first kappa shape index (κ1) is 22.8. The number of hydrogen-bond donors (Lipinski definition) is 3. The average molecular weight is 488 g/mol. The largest absolute Gasteiger partial charge is 0.417 e. The Bertz CT molecular complexity index is 1350. The molecule has 3 N–H and O–H groups in total. The lowest BCUT2D eigenvalue weighted by Crippen LogP contribution is -2.42. The van der Waals surface area contributed by atoms with E-state index in [1.165, 1.54) is 24.3 Å². The van der Waals surface area contributed by atoms with Crippen LogP contribution in [0.2, 0.25) is 0 Å². The molecule has 0 spiro atoms. The molecule has 7 nitrogen and oxygen atoms in total. The zero-order valence-electron chi connectivity index (χ0n) is 16.6. The molecule has 1 aliphatic heterocycles. The second kappa shape index (κ2) is 8.18. The number of halogens is 3. The van der Waals surface area contributed by atoms with Gasteiger partial charge in [-0.25, -0.2) is 21.6 Å². The highest BCUT2D eigenvalue weighted by atomic mass is 32.2. The zero-order chi connectivity index (χ0) is 23.1. The quantitative estimate of drug-likeness (QED) is 0.513. The van der Waals surface area contributed by atoms with Crippen LogP contribution in [0.5, 0.6) is 0 Å². The Balaban J connectivity index is 1.92. The smallest absolute Gasteiger partial charge is 0.359 e. The summed E-state index contributed by atoms with van der Waals surface area (Å²) in [5.74, 6) is 0. The topological polar surface area (TPSA) is 108 Å². The molecule has 1 saturated heterocycles. The van der Waals surface area contributed by atoms with Gasteiger partial charge < -0.3 is 10.3 Å². The van der Waals surface area contributed by atoms with Gasteiger partial charge in [-0.1, -0.05) is 18.2 Å². The van der Waals surface area contributed by atoms with Crippen LogP contribution < -0.4 is 10.0 Å². The van der Waals surface area contributed by atoms with E-state index in [9.17, 15) is 30.0 Å². The minimum atomic E-state index is -4.89. The molecule has 0 unspecified atom stereocenters. The molecular formula is C20H20F3N3O4S2. The van der Waals surface area contributed by atoms with Gasteiger partial charge in [0.1, 0.15) is 4.90 Å². The summed E-state index contributed by atoms with van der Waals surface area (Å²) in [5, 5.41) is 2.38. The van der Waals surface area contributed by atoms with Crippen molar-refractivity contribution in [1.29, 1.82) is 0 Å². The summed E-state index contributed by atoms with van der Waals surface area (Å²) >= 11 is 0. The molecule has 172 valence electrons. The second-order valence-electron chi connectivity index (χ2n) is 7.47. The molecule has 0 saturated carbocycles. The van der Waals surface area contributed by atoms with Gasteiger partial charge in [0, 0.05) is 17.6 Å². The van der Waals surface area contributed by atoms with Crippen LogP contribution in [-0.2, 0) is 26.0 Å². The fourth-order valence-electron chi connectivity index (χ4n) is 3.81. The molecule has 0 aliphatic carbocycles. The summed E-state index contributed by atoms with van der Waals surface area (Å²) in [5.41, 5.74) is -1.64. The van der Waals surface area contributed by atoms with E-state index in [0.717, 1.165) is 12.3 Å². The summed E-state index contributed by atoms with van der Waals surface area (Å²) in [4.78, 5) is 1.29. The molecule has 0 amide bonds. The SMILES string of the molecule is O=S(=O)(NC1CCNCC1)c1c[nH]c2c(S(=O)(=O)c3ccccc3)ccc(C(F)(F)F)c12. The first-order valence-corrected chi connectivity index (χ1v) is 12.7. The van der Waals surface area contributed by atoms with Gasteiger partial charge in [-0.2, -0.15) is 13.2 Å². The molecule has 2 heterocycles. The number of benzene rings is 2. The standard InChI is InChI=1S/C20H20F3N3O4S2/c21-20(22,23)15-6-7-16(31(27,28)14-4-2-1-3-5-14)19-18(15)17(12-25-19)32(29,30)26-13-8-10-24-11-9-13/h1-7,12-13,24-26H,8-11H2. The molecule has 2 aromatic carbocycles. The first-order valence-electron chi connectivity index (χ1n) is 9.76. The molecule has 3 aromatic rings. The Morgan fingerprint density at radius 2 is 1.56 bits per heavy atom. The maximum Gasteiger partial charge on any atom is 0.417 e. The van der Waals surface area contributed by atoms with E-state index in [-0.39, 0.29) is 4.90 Å².